The average Bonchev–Trinajstić information content (AvgIpc) is 2.49. The largest absolute Gasteiger partial charge is 0.434 e. The Hall–Kier alpha value is -1.16. The molecule has 2 rings (SSSR count). The third kappa shape index (κ3) is 4.16. The normalized spacial score (nSPS) is 24.0. The van der Waals surface area contributed by atoms with Crippen LogP contribution in [0.2, 0.25) is 0 Å². The number of hydrogen-bond donors (Lipinski definition) is 1. The molecule has 1 aromatic carbocycles. The quantitative estimate of drug-likeness (QED) is 0.817. The van der Waals surface area contributed by atoms with E-state index in [2.05, 4.69) is 12.2 Å². The van der Waals surface area contributed by atoms with Crippen molar-refractivity contribution in [1.29, 1.82) is 0 Å². The summed E-state index contributed by atoms with van der Waals surface area (Å²) in [6, 6.07) is 7.23. The maximum absolute atomic E-state index is 12.6. The summed E-state index contributed by atoms with van der Waals surface area (Å²) in [5.74, 6) is 1.53. The van der Waals surface area contributed by atoms with E-state index in [0.29, 0.717) is 11.7 Å². The first-order chi connectivity index (χ1) is 10.2. The van der Waals surface area contributed by atoms with Crippen LogP contribution in [0.5, 0.6) is 5.75 Å². The summed E-state index contributed by atoms with van der Waals surface area (Å²) >= 11 is 0. The minimum absolute atomic E-state index is 0.0781. The van der Waals surface area contributed by atoms with Crippen molar-refractivity contribution in [2.45, 2.75) is 51.7 Å². The molecule has 0 saturated heterocycles. The molecule has 3 atom stereocenters. The molecule has 4 heteroatoms. The molecule has 1 aliphatic carbocycles. The molecule has 0 aromatic heterocycles. The second-order valence-electron chi connectivity index (χ2n) is 5.88. The highest BCUT2D eigenvalue weighted by Gasteiger charge is 2.29. The fourth-order valence-corrected chi connectivity index (χ4v) is 3.59. The maximum atomic E-state index is 12.6. The summed E-state index contributed by atoms with van der Waals surface area (Å²) in [4.78, 5) is 0. The Morgan fingerprint density at radius 1 is 1.29 bits per heavy atom. The van der Waals surface area contributed by atoms with Crippen LogP contribution in [0.15, 0.2) is 24.3 Å². The van der Waals surface area contributed by atoms with E-state index in [4.69, 9.17) is 4.74 Å². The topological polar surface area (TPSA) is 21.3 Å². The van der Waals surface area contributed by atoms with Crippen LogP contribution in [0.3, 0.4) is 0 Å². The van der Waals surface area contributed by atoms with Crippen molar-refractivity contribution in [3.05, 3.63) is 29.8 Å². The van der Waals surface area contributed by atoms with Crippen molar-refractivity contribution in [3.8, 4) is 5.75 Å². The van der Waals surface area contributed by atoms with Gasteiger partial charge in [-0.3, -0.25) is 0 Å². The molecule has 0 aliphatic heterocycles. The number of halogens is 2. The highest BCUT2D eigenvalue weighted by atomic mass is 19.3. The van der Waals surface area contributed by atoms with Crippen molar-refractivity contribution in [2.75, 3.05) is 7.05 Å². The molecule has 1 saturated carbocycles. The molecule has 3 unspecified atom stereocenters. The Bertz CT molecular complexity index is 439. The Morgan fingerprint density at radius 2 is 2.05 bits per heavy atom. The monoisotopic (exact) mass is 297 g/mol. The van der Waals surface area contributed by atoms with E-state index in [9.17, 15) is 8.78 Å². The van der Waals surface area contributed by atoms with Crippen LogP contribution in [-0.4, -0.2) is 13.7 Å². The van der Waals surface area contributed by atoms with E-state index >= 15 is 0 Å². The molecule has 1 aromatic rings. The standard InChI is InChI=1S/C17H25F2NO/c1-3-12-7-6-8-13(11-12)16(20-2)14-9-4-5-10-15(14)21-17(18)19/h4-5,9-10,12-13,16-17,20H,3,6-8,11H2,1-2H3. The van der Waals surface area contributed by atoms with Crippen LogP contribution < -0.4 is 10.1 Å². The van der Waals surface area contributed by atoms with Gasteiger partial charge in [-0.2, -0.15) is 8.78 Å². The van der Waals surface area contributed by atoms with Gasteiger partial charge in [0.15, 0.2) is 0 Å². The molecule has 0 radical (unpaired) electrons. The Labute approximate surface area is 125 Å². The maximum Gasteiger partial charge on any atom is 0.387 e. The number of hydrogen-bond acceptors (Lipinski definition) is 2. The lowest BCUT2D eigenvalue weighted by Crippen LogP contribution is -2.30. The first kappa shape index (κ1) is 16.2. The van der Waals surface area contributed by atoms with Gasteiger partial charge in [0.1, 0.15) is 5.75 Å². The van der Waals surface area contributed by atoms with Gasteiger partial charge in [-0.05, 0) is 37.8 Å². The van der Waals surface area contributed by atoms with Crippen LogP contribution >= 0.6 is 0 Å². The van der Waals surface area contributed by atoms with E-state index in [1.165, 1.54) is 19.3 Å². The highest BCUT2D eigenvalue weighted by Crippen LogP contribution is 2.40. The lowest BCUT2D eigenvalue weighted by atomic mass is 9.75. The molecule has 0 heterocycles. The van der Waals surface area contributed by atoms with Gasteiger partial charge in [-0.1, -0.05) is 44.4 Å². The molecular weight excluding hydrogens is 272 g/mol. The molecule has 0 bridgehead atoms. The van der Waals surface area contributed by atoms with Crippen molar-refractivity contribution in [3.63, 3.8) is 0 Å². The Balaban J connectivity index is 2.20. The minimum atomic E-state index is -2.78. The zero-order valence-electron chi connectivity index (χ0n) is 12.8. The number of nitrogens with one attached hydrogen (secondary N) is 1. The van der Waals surface area contributed by atoms with Crippen molar-refractivity contribution in [1.82, 2.24) is 5.32 Å². The molecular formula is C17H25F2NO. The zero-order chi connectivity index (χ0) is 15.2. The number of alkyl halides is 2. The number of para-hydroxylation sites is 1. The highest BCUT2D eigenvalue weighted by molar-refractivity contribution is 5.36. The second-order valence-corrected chi connectivity index (χ2v) is 5.88. The van der Waals surface area contributed by atoms with Gasteiger partial charge < -0.3 is 10.1 Å². The summed E-state index contributed by atoms with van der Waals surface area (Å²) in [7, 11) is 1.90. The van der Waals surface area contributed by atoms with Crippen LogP contribution in [0, 0.1) is 11.8 Å². The predicted octanol–water partition coefficient (Wildman–Crippen LogP) is 4.76. The number of benzene rings is 1. The van der Waals surface area contributed by atoms with Gasteiger partial charge in [-0.15, -0.1) is 0 Å². The predicted molar refractivity (Wildman–Crippen MR) is 80.6 cm³/mol. The second kappa shape index (κ2) is 7.74. The fraction of sp³-hybridized carbons (Fsp3) is 0.647. The molecule has 0 amide bonds. The van der Waals surface area contributed by atoms with E-state index in [-0.39, 0.29) is 6.04 Å². The van der Waals surface area contributed by atoms with Gasteiger partial charge >= 0.3 is 6.61 Å². The molecule has 1 aliphatic rings. The third-order valence-corrected chi connectivity index (χ3v) is 4.65. The SMILES string of the molecule is CCC1CCCC(C(NC)c2ccccc2OC(F)F)C1. The summed E-state index contributed by atoms with van der Waals surface area (Å²) in [6.45, 7) is -0.548. The average molecular weight is 297 g/mol. The van der Waals surface area contributed by atoms with E-state index in [1.54, 1.807) is 12.1 Å². The third-order valence-electron chi connectivity index (χ3n) is 4.65. The van der Waals surface area contributed by atoms with Crippen LogP contribution in [0.1, 0.15) is 50.6 Å². The number of ether oxygens (including phenoxy) is 1. The fourth-order valence-electron chi connectivity index (χ4n) is 3.59. The molecule has 1 fully saturated rings. The smallest absolute Gasteiger partial charge is 0.387 e. The van der Waals surface area contributed by atoms with Crippen molar-refractivity contribution < 1.29 is 13.5 Å². The van der Waals surface area contributed by atoms with Gasteiger partial charge in [0.05, 0.1) is 0 Å². The molecule has 21 heavy (non-hydrogen) atoms. The van der Waals surface area contributed by atoms with Crippen molar-refractivity contribution >= 4 is 0 Å². The van der Waals surface area contributed by atoms with Crippen LogP contribution in [0.4, 0.5) is 8.78 Å². The lowest BCUT2D eigenvalue weighted by molar-refractivity contribution is -0.0509. The van der Waals surface area contributed by atoms with E-state index < -0.39 is 6.61 Å². The van der Waals surface area contributed by atoms with Gasteiger partial charge in [0.2, 0.25) is 0 Å². The number of rotatable bonds is 6. The molecule has 2 nitrogen and oxygen atoms in total. The van der Waals surface area contributed by atoms with Gasteiger partial charge in [0, 0.05) is 11.6 Å². The first-order valence-corrected chi connectivity index (χ1v) is 7.86. The minimum Gasteiger partial charge on any atom is -0.434 e. The summed E-state index contributed by atoms with van der Waals surface area (Å²) in [5, 5.41) is 3.32. The van der Waals surface area contributed by atoms with Crippen molar-refractivity contribution in [2.24, 2.45) is 11.8 Å². The molecule has 118 valence electrons. The first-order valence-electron chi connectivity index (χ1n) is 7.86. The van der Waals surface area contributed by atoms with E-state index in [1.807, 2.05) is 19.2 Å². The molecule has 1 N–H and O–H groups in total. The van der Waals surface area contributed by atoms with Crippen LogP contribution in [0.25, 0.3) is 0 Å². The van der Waals surface area contributed by atoms with E-state index in [0.717, 1.165) is 24.3 Å². The van der Waals surface area contributed by atoms with Gasteiger partial charge in [-0.25, -0.2) is 0 Å². The molecule has 0 spiro atoms. The lowest BCUT2D eigenvalue weighted by Gasteiger charge is -2.35. The zero-order valence-corrected chi connectivity index (χ0v) is 12.8. The Morgan fingerprint density at radius 3 is 2.71 bits per heavy atom. The summed E-state index contributed by atoms with van der Waals surface area (Å²) in [5.41, 5.74) is 0.849. The summed E-state index contributed by atoms with van der Waals surface area (Å²) < 4.78 is 29.9. The van der Waals surface area contributed by atoms with Crippen LogP contribution in [-0.2, 0) is 0 Å². The van der Waals surface area contributed by atoms with Gasteiger partial charge in [0.25, 0.3) is 0 Å². The summed E-state index contributed by atoms with van der Waals surface area (Å²) in [6.07, 6.45) is 6.01. The Kier molecular flexibility index (Phi) is 5.97.